The third-order valence-corrected chi connectivity index (χ3v) is 4.37. The lowest BCUT2D eigenvalue weighted by Crippen LogP contribution is -2.21. The molecule has 0 fully saturated rings. The van der Waals surface area contributed by atoms with Crippen LogP contribution in [0, 0.1) is 6.57 Å². The third-order valence-electron chi connectivity index (χ3n) is 4.37. The summed E-state index contributed by atoms with van der Waals surface area (Å²) >= 11 is 0. The van der Waals surface area contributed by atoms with Crippen molar-refractivity contribution in [2.45, 2.75) is 13.0 Å². The number of nitrogens with one attached hydrogen (secondary N) is 1. The zero-order valence-electron chi connectivity index (χ0n) is 14.0. The fraction of sp³-hybridized carbons (Fsp3) is 0.100. The zero-order chi connectivity index (χ0) is 18.1. The van der Waals surface area contributed by atoms with Gasteiger partial charge in [-0.15, -0.1) is 0 Å². The van der Waals surface area contributed by atoms with Crippen LogP contribution in [0.2, 0.25) is 0 Å². The van der Waals surface area contributed by atoms with Crippen LogP contribution < -0.4 is 5.69 Å². The number of aromatic amines is 1. The Morgan fingerprint density at radius 3 is 2.73 bits per heavy atom. The van der Waals surface area contributed by atoms with Crippen molar-refractivity contribution in [3.63, 3.8) is 0 Å². The van der Waals surface area contributed by atoms with Gasteiger partial charge in [-0.3, -0.25) is 9.55 Å². The highest BCUT2D eigenvalue weighted by Gasteiger charge is 2.17. The van der Waals surface area contributed by atoms with E-state index in [1.54, 1.807) is 22.9 Å². The van der Waals surface area contributed by atoms with Gasteiger partial charge in [-0.05, 0) is 24.1 Å². The van der Waals surface area contributed by atoms with E-state index in [2.05, 4.69) is 19.8 Å². The molecule has 126 valence electrons. The van der Waals surface area contributed by atoms with Crippen molar-refractivity contribution in [2.24, 2.45) is 0 Å². The van der Waals surface area contributed by atoms with Gasteiger partial charge in [0.05, 0.1) is 24.5 Å². The Kier molecular flexibility index (Phi) is 3.82. The lowest BCUT2D eigenvalue weighted by molar-refractivity contribution is 0.631. The molecule has 0 unspecified atom stereocenters. The zero-order valence-corrected chi connectivity index (χ0v) is 14.0. The molecule has 26 heavy (non-hydrogen) atoms. The van der Waals surface area contributed by atoms with Gasteiger partial charge >= 0.3 is 5.69 Å². The molecule has 0 aliphatic heterocycles. The molecule has 0 saturated carbocycles. The topological polar surface area (TPSA) is 67.9 Å². The number of benzene rings is 2. The fourth-order valence-corrected chi connectivity index (χ4v) is 3.01. The molecule has 1 atom stereocenters. The highest BCUT2D eigenvalue weighted by atomic mass is 16.1. The van der Waals surface area contributed by atoms with Crippen molar-refractivity contribution < 1.29 is 0 Å². The summed E-state index contributed by atoms with van der Waals surface area (Å²) in [5.74, 6) is 0. The van der Waals surface area contributed by atoms with Crippen LogP contribution >= 0.6 is 0 Å². The van der Waals surface area contributed by atoms with E-state index in [4.69, 9.17) is 6.57 Å². The van der Waals surface area contributed by atoms with E-state index in [-0.39, 0.29) is 11.7 Å². The Hall–Kier alpha value is -3.72. The van der Waals surface area contributed by atoms with Crippen LogP contribution in [0.3, 0.4) is 0 Å². The second-order valence-electron chi connectivity index (χ2n) is 5.98. The Balaban J connectivity index is 1.88. The third kappa shape index (κ3) is 2.66. The lowest BCUT2D eigenvalue weighted by Gasteiger charge is -2.13. The smallest absolute Gasteiger partial charge is 0.289 e. The quantitative estimate of drug-likeness (QED) is 0.574. The normalized spacial score (nSPS) is 12.0. The first-order valence-corrected chi connectivity index (χ1v) is 8.17. The van der Waals surface area contributed by atoms with Crippen molar-refractivity contribution >= 4 is 17.0 Å². The van der Waals surface area contributed by atoms with Crippen LogP contribution in [0.1, 0.15) is 18.5 Å². The van der Waals surface area contributed by atoms with Crippen molar-refractivity contribution in [3.8, 4) is 11.3 Å². The van der Waals surface area contributed by atoms with Crippen molar-refractivity contribution in [3.05, 3.63) is 88.3 Å². The molecule has 0 radical (unpaired) electrons. The summed E-state index contributed by atoms with van der Waals surface area (Å²) in [5.41, 5.74) is 3.66. The van der Waals surface area contributed by atoms with Crippen molar-refractivity contribution in [1.82, 2.24) is 19.5 Å². The highest BCUT2D eigenvalue weighted by molar-refractivity contribution is 5.72. The van der Waals surface area contributed by atoms with Crippen LogP contribution in [0.4, 0.5) is 5.69 Å². The SMILES string of the molecule is [C-]#[N+]c1cccc(-c2cnc3[nH]c(=O)n([C@@H](C)c4ccccc4)c3n2)c1. The van der Waals surface area contributed by atoms with Gasteiger partial charge in [0.25, 0.3) is 0 Å². The second kappa shape index (κ2) is 6.30. The lowest BCUT2D eigenvalue weighted by atomic mass is 10.1. The minimum Gasteiger partial charge on any atom is -0.289 e. The van der Waals surface area contributed by atoms with Gasteiger partial charge in [-0.2, -0.15) is 0 Å². The van der Waals surface area contributed by atoms with Gasteiger partial charge in [-0.1, -0.05) is 48.5 Å². The van der Waals surface area contributed by atoms with E-state index in [1.807, 2.05) is 49.4 Å². The van der Waals surface area contributed by atoms with Gasteiger partial charge in [0.1, 0.15) is 0 Å². The molecular weight excluding hydrogens is 326 g/mol. The maximum absolute atomic E-state index is 12.5. The fourth-order valence-electron chi connectivity index (χ4n) is 3.01. The van der Waals surface area contributed by atoms with Crippen LogP contribution in [-0.4, -0.2) is 19.5 Å². The molecule has 2 aromatic carbocycles. The molecule has 6 heteroatoms. The minimum absolute atomic E-state index is 0.184. The molecule has 6 nitrogen and oxygen atoms in total. The van der Waals surface area contributed by atoms with Gasteiger partial charge in [-0.25, -0.2) is 19.6 Å². The summed E-state index contributed by atoms with van der Waals surface area (Å²) < 4.78 is 1.61. The minimum atomic E-state index is -0.247. The monoisotopic (exact) mass is 341 g/mol. The Labute approximate surface area is 149 Å². The molecule has 4 aromatic rings. The average Bonchev–Trinajstić information content (AvgIpc) is 3.03. The van der Waals surface area contributed by atoms with Crippen LogP contribution in [-0.2, 0) is 0 Å². The number of nitrogens with zero attached hydrogens (tertiary/aromatic N) is 4. The summed E-state index contributed by atoms with van der Waals surface area (Å²) in [4.78, 5) is 27.7. The maximum Gasteiger partial charge on any atom is 0.329 e. The molecule has 2 aromatic heterocycles. The molecule has 4 rings (SSSR count). The highest BCUT2D eigenvalue weighted by Crippen LogP contribution is 2.25. The summed E-state index contributed by atoms with van der Waals surface area (Å²) in [5, 5.41) is 0. The summed E-state index contributed by atoms with van der Waals surface area (Å²) in [6.07, 6.45) is 1.61. The van der Waals surface area contributed by atoms with Gasteiger partial charge in [0.15, 0.2) is 17.0 Å². The van der Waals surface area contributed by atoms with E-state index in [0.717, 1.165) is 11.1 Å². The molecule has 0 amide bonds. The van der Waals surface area contributed by atoms with E-state index in [0.29, 0.717) is 22.7 Å². The predicted molar refractivity (Wildman–Crippen MR) is 100 cm³/mol. The molecule has 1 N–H and O–H groups in total. The van der Waals surface area contributed by atoms with Crippen LogP contribution in [0.25, 0.3) is 27.4 Å². The van der Waals surface area contributed by atoms with E-state index in [9.17, 15) is 4.79 Å². The first-order chi connectivity index (χ1) is 12.7. The van der Waals surface area contributed by atoms with Crippen LogP contribution in [0.15, 0.2) is 65.6 Å². The second-order valence-corrected chi connectivity index (χ2v) is 5.98. The molecule has 0 spiro atoms. The van der Waals surface area contributed by atoms with Crippen molar-refractivity contribution in [2.75, 3.05) is 0 Å². The molecule has 0 bridgehead atoms. The molecule has 0 aliphatic rings. The van der Waals surface area contributed by atoms with Crippen molar-refractivity contribution in [1.29, 1.82) is 0 Å². The standard InChI is InChI=1S/C20H15N5O/c1-13(14-7-4-3-5-8-14)25-19-18(24-20(25)26)22-12-17(23-19)15-9-6-10-16(11-15)21-2/h3-13H,1H3,(H,22,24,26)/t13-/m0/s1. The van der Waals surface area contributed by atoms with Gasteiger partial charge < -0.3 is 0 Å². The number of aromatic nitrogens is 4. The van der Waals surface area contributed by atoms with Gasteiger partial charge in [0, 0.05) is 0 Å². The number of hydrogen-bond acceptors (Lipinski definition) is 3. The number of rotatable bonds is 3. The summed E-state index contributed by atoms with van der Waals surface area (Å²) in [6, 6.07) is 16.8. The summed E-state index contributed by atoms with van der Waals surface area (Å²) in [6.45, 7) is 9.12. The average molecular weight is 341 g/mol. The molecule has 2 heterocycles. The number of imidazole rings is 1. The van der Waals surface area contributed by atoms with E-state index in [1.165, 1.54) is 0 Å². The molecular formula is C20H15N5O. The number of H-pyrrole nitrogens is 1. The largest absolute Gasteiger partial charge is 0.329 e. The molecule has 0 saturated heterocycles. The first kappa shape index (κ1) is 15.8. The van der Waals surface area contributed by atoms with E-state index >= 15 is 0 Å². The maximum atomic E-state index is 12.5. The number of fused-ring (bicyclic) bond motifs is 1. The first-order valence-electron chi connectivity index (χ1n) is 8.17. The molecule has 0 aliphatic carbocycles. The van der Waals surface area contributed by atoms with E-state index < -0.39 is 0 Å². The predicted octanol–water partition coefficient (Wildman–Crippen LogP) is 3.95. The Morgan fingerprint density at radius 1 is 1.15 bits per heavy atom. The van der Waals surface area contributed by atoms with Gasteiger partial charge in [0.2, 0.25) is 0 Å². The number of hydrogen-bond donors (Lipinski definition) is 1. The Morgan fingerprint density at radius 2 is 1.96 bits per heavy atom. The Bertz CT molecular complexity index is 1180. The summed E-state index contributed by atoms with van der Waals surface area (Å²) in [7, 11) is 0. The van der Waals surface area contributed by atoms with Crippen LogP contribution in [0.5, 0.6) is 0 Å².